The van der Waals surface area contributed by atoms with Gasteiger partial charge in [-0.2, -0.15) is 5.10 Å². The minimum atomic E-state index is 0.521. The molecule has 0 amide bonds. The molecule has 0 aliphatic carbocycles. The highest BCUT2D eigenvalue weighted by atomic mass is 15.2. The van der Waals surface area contributed by atoms with Gasteiger partial charge < -0.3 is 5.32 Å². The van der Waals surface area contributed by atoms with Crippen LogP contribution in [0.15, 0.2) is 30.7 Å². The lowest BCUT2D eigenvalue weighted by Gasteiger charge is -2.19. The first-order valence-corrected chi connectivity index (χ1v) is 6.97. The van der Waals surface area contributed by atoms with Crippen molar-refractivity contribution in [1.29, 1.82) is 0 Å². The molecule has 0 saturated carbocycles. The molecule has 0 aromatic carbocycles. The number of fused-ring (bicyclic) bond motifs is 3. The van der Waals surface area contributed by atoms with Crippen LogP contribution in [0.1, 0.15) is 25.0 Å². The maximum Gasteiger partial charge on any atom is 0.138 e. The molecule has 0 fully saturated rings. The zero-order valence-electron chi connectivity index (χ0n) is 11.7. The Hall–Kier alpha value is -2.30. The van der Waals surface area contributed by atoms with Gasteiger partial charge in [-0.25, -0.2) is 4.98 Å². The van der Waals surface area contributed by atoms with Crippen LogP contribution in [0.2, 0.25) is 0 Å². The Kier molecular flexibility index (Phi) is 2.36. The molecule has 0 radical (unpaired) electrons. The fourth-order valence-electron chi connectivity index (χ4n) is 2.87. The van der Waals surface area contributed by atoms with Crippen molar-refractivity contribution in [1.82, 2.24) is 19.2 Å². The first kappa shape index (κ1) is 11.5. The summed E-state index contributed by atoms with van der Waals surface area (Å²) in [6.45, 7) is 3.26. The van der Waals surface area contributed by atoms with Crippen LogP contribution in [0.5, 0.6) is 0 Å². The smallest absolute Gasteiger partial charge is 0.138 e. The first-order valence-electron chi connectivity index (χ1n) is 6.97. The SMILES string of the molecule is CC1CCNc2c1nc1ccc(-c3cnn(C)c3)cn21. The van der Waals surface area contributed by atoms with E-state index in [1.807, 2.05) is 24.1 Å². The Morgan fingerprint density at radius 1 is 1.25 bits per heavy atom. The summed E-state index contributed by atoms with van der Waals surface area (Å²) in [4.78, 5) is 4.75. The molecule has 5 heteroatoms. The van der Waals surface area contributed by atoms with E-state index in [4.69, 9.17) is 4.98 Å². The molecule has 0 bridgehead atoms. The molecule has 3 aromatic rings. The van der Waals surface area contributed by atoms with Gasteiger partial charge in [-0.1, -0.05) is 6.92 Å². The second-order valence-corrected chi connectivity index (χ2v) is 5.51. The zero-order chi connectivity index (χ0) is 13.7. The topological polar surface area (TPSA) is 47.2 Å². The highest BCUT2D eigenvalue weighted by Crippen LogP contribution is 2.32. The average molecular weight is 267 g/mol. The lowest BCUT2D eigenvalue weighted by Crippen LogP contribution is -2.15. The lowest BCUT2D eigenvalue weighted by atomic mass is 10.0. The highest BCUT2D eigenvalue weighted by molar-refractivity contribution is 5.66. The average Bonchev–Trinajstić information content (AvgIpc) is 3.03. The third-order valence-corrected chi connectivity index (χ3v) is 4.02. The molecule has 1 aliphatic heterocycles. The van der Waals surface area contributed by atoms with Gasteiger partial charge in [-0.15, -0.1) is 0 Å². The van der Waals surface area contributed by atoms with E-state index in [2.05, 4.69) is 40.1 Å². The van der Waals surface area contributed by atoms with Crippen molar-refractivity contribution in [3.8, 4) is 11.1 Å². The summed E-state index contributed by atoms with van der Waals surface area (Å²) >= 11 is 0. The number of hydrogen-bond donors (Lipinski definition) is 1. The van der Waals surface area contributed by atoms with Crippen LogP contribution in [0.4, 0.5) is 5.82 Å². The van der Waals surface area contributed by atoms with Crippen LogP contribution in [-0.2, 0) is 7.05 Å². The standard InChI is InChI=1S/C15H17N5/c1-10-5-6-16-15-14(10)18-13-4-3-11(9-20(13)15)12-7-17-19(2)8-12/h3-4,7-10,16H,5-6H2,1-2H3. The second-order valence-electron chi connectivity index (χ2n) is 5.51. The van der Waals surface area contributed by atoms with E-state index < -0.39 is 0 Å². The molecule has 0 saturated heterocycles. The number of imidazole rings is 1. The predicted octanol–water partition coefficient (Wildman–Crippen LogP) is 2.65. The molecule has 0 spiro atoms. The fourth-order valence-corrected chi connectivity index (χ4v) is 2.87. The van der Waals surface area contributed by atoms with E-state index in [0.29, 0.717) is 5.92 Å². The van der Waals surface area contributed by atoms with E-state index in [-0.39, 0.29) is 0 Å². The molecule has 1 unspecified atom stereocenters. The Bertz CT molecular complexity index is 783. The fraction of sp³-hybridized carbons (Fsp3) is 0.333. The molecular formula is C15H17N5. The van der Waals surface area contributed by atoms with Gasteiger partial charge in [0.1, 0.15) is 11.5 Å². The van der Waals surface area contributed by atoms with E-state index >= 15 is 0 Å². The number of hydrogen-bond acceptors (Lipinski definition) is 3. The summed E-state index contributed by atoms with van der Waals surface area (Å²) < 4.78 is 3.98. The van der Waals surface area contributed by atoms with Gasteiger partial charge in [0, 0.05) is 43.0 Å². The number of aromatic nitrogens is 4. The van der Waals surface area contributed by atoms with Gasteiger partial charge in [-0.3, -0.25) is 9.08 Å². The third kappa shape index (κ3) is 1.62. The normalized spacial score (nSPS) is 18.0. The molecule has 20 heavy (non-hydrogen) atoms. The van der Waals surface area contributed by atoms with Gasteiger partial charge in [0.05, 0.1) is 11.9 Å². The van der Waals surface area contributed by atoms with Gasteiger partial charge >= 0.3 is 0 Å². The molecule has 3 aromatic heterocycles. The number of nitrogens with zero attached hydrogens (tertiary/aromatic N) is 4. The summed E-state index contributed by atoms with van der Waals surface area (Å²) in [7, 11) is 1.93. The third-order valence-electron chi connectivity index (χ3n) is 4.02. The largest absolute Gasteiger partial charge is 0.370 e. The zero-order valence-corrected chi connectivity index (χ0v) is 11.7. The van der Waals surface area contributed by atoms with E-state index in [1.165, 1.54) is 5.69 Å². The predicted molar refractivity (Wildman–Crippen MR) is 78.9 cm³/mol. The summed E-state index contributed by atoms with van der Waals surface area (Å²) in [6, 6.07) is 4.19. The number of rotatable bonds is 1. The molecule has 4 heterocycles. The van der Waals surface area contributed by atoms with Crippen LogP contribution in [0.3, 0.4) is 0 Å². The summed E-state index contributed by atoms with van der Waals surface area (Å²) in [6.07, 6.45) is 7.21. The van der Waals surface area contributed by atoms with Crippen LogP contribution in [-0.4, -0.2) is 25.7 Å². The first-order chi connectivity index (χ1) is 9.72. The van der Waals surface area contributed by atoms with Gasteiger partial charge in [-0.05, 0) is 18.6 Å². The highest BCUT2D eigenvalue weighted by Gasteiger charge is 2.21. The summed E-state index contributed by atoms with van der Waals surface area (Å²) in [5.74, 6) is 1.66. The Balaban J connectivity index is 1.90. The molecule has 4 rings (SSSR count). The van der Waals surface area contributed by atoms with Crippen LogP contribution < -0.4 is 5.32 Å². The lowest BCUT2D eigenvalue weighted by molar-refractivity contribution is 0.665. The van der Waals surface area contributed by atoms with Crippen molar-refractivity contribution >= 4 is 11.5 Å². The maximum absolute atomic E-state index is 4.75. The quantitative estimate of drug-likeness (QED) is 0.737. The number of nitrogens with one attached hydrogen (secondary N) is 1. The van der Waals surface area contributed by atoms with Gasteiger partial charge in [0.25, 0.3) is 0 Å². The Labute approximate surface area is 117 Å². The summed E-state index contributed by atoms with van der Waals surface area (Å²) in [5.41, 5.74) is 4.47. The number of pyridine rings is 1. The molecule has 5 nitrogen and oxygen atoms in total. The van der Waals surface area contributed by atoms with Crippen LogP contribution in [0.25, 0.3) is 16.8 Å². The summed E-state index contributed by atoms with van der Waals surface area (Å²) in [5, 5.41) is 7.72. The molecule has 1 N–H and O–H groups in total. The minimum Gasteiger partial charge on any atom is -0.370 e. The maximum atomic E-state index is 4.75. The van der Waals surface area contributed by atoms with Gasteiger partial charge in [0.2, 0.25) is 0 Å². The van der Waals surface area contributed by atoms with Crippen molar-refractivity contribution in [2.45, 2.75) is 19.3 Å². The molecule has 1 aliphatic rings. The van der Waals surface area contributed by atoms with Crippen molar-refractivity contribution in [3.63, 3.8) is 0 Å². The van der Waals surface area contributed by atoms with Gasteiger partial charge in [0.15, 0.2) is 0 Å². The molecule has 102 valence electrons. The van der Waals surface area contributed by atoms with Crippen molar-refractivity contribution in [3.05, 3.63) is 36.4 Å². The van der Waals surface area contributed by atoms with Crippen LogP contribution in [0, 0.1) is 0 Å². The monoisotopic (exact) mass is 267 g/mol. The van der Waals surface area contributed by atoms with E-state index in [0.717, 1.165) is 35.6 Å². The van der Waals surface area contributed by atoms with Crippen molar-refractivity contribution in [2.24, 2.45) is 7.05 Å². The van der Waals surface area contributed by atoms with E-state index in [9.17, 15) is 0 Å². The van der Waals surface area contributed by atoms with Crippen molar-refractivity contribution in [2.75, 3.05) is 11.9 Å². The number of anilines is 1. The molecule has 1 atom stereocenters. The van der Waals surface area contributed by atoms with Crippen LogP contribution >= 0.6 is 0 Å². The van der Waals surface area contributed by atoms with E-state index in [1.54, 1.807) is 0 Å². The van der Waals surface area contributed by atoms with Crippen molar-refractivity contribution < 1.29 is 0 Å². The second kappa shape index (κ2) is 4.10. The minimum absolute atomic E-state index is 0.521. The Morgan fingerprint density at radius 2 is 2.15 bits per heavy atom. The Morgan fingerprint density at radius 3 is 2.95 bits per heavy atom. The molecular weight excluding hydrogens is 250 g/mol. The number of aryl methyl sites for hydroxylation is 1.